The number of carbonyl (C=O) groups is 1. The first kappa shape index (κ1) is 19.3. The van der Waals surface area contributed by atoms with Crippen LogP contribution in [0.5, 0.6) is 0 Å². The third-order valence-corrected chi connectivity index (χ3v) is 4.72. The SMILES string of the molecule is CC(/C=C1\CCc2c[nH]c3cccc1c23)CN.CC[C@@H](C)NC(C)=O. The molecule has 1 amide bonds. The predicted octanol–water partition coefficient (Wildman–Crippen LogP) is 4.01. The minimum atomic E-state index is 0.0550. The molecule has 0 bridgehead atoms. The summed E-state index contributed by atoms with van der Waals surface area (Å²) >= 11 is 0. The van der Waals surface area contributed by atoms with E-state index in [0.29, 0.717) is 12.0 Å². The average molecular weight is 341 g/mol. The lowest BCUT2D eigenvalue weighted by molar-refractivity contribution is -0.119. The Labute approximate surface area is 150 Å². The van der Waals surface area contributed by atoms with Gasteiger partial charge in [-0.25, -0.2) is 0 Å². The summed E-state index contributed by atoms with van der Waals surface area (Å²) in [5.41, 5.74) is 11.3. The number of hydrogen-bond donors (Lipinski definition) is 3. The molecule has 3 rings (SSSR count). The quantitative estimate of drug-likeness (QED) is 0.786. The second kappa shape index (κ2) is 8.86. The summed E-state index contributed by atoms with van der Waals surface area (Å²) in [5, 5.41) is 4.16. The van der Waals surface area contributed by atoms with Crippen LogP contribution in [0.4, 0.5) is 0 Å². The normalized spacial score (nSPS) is 16.9. The van der Waals surface area contributed by atoms with Crippen molar-refractivity contribution >= 4 is 22.4 Å². The molecule has 25 heavy (non-hydrogen) atoms. The van der Waals surface area contributed by atoms with E-state index < -0.39 is 0 Å². The maximum absolute atomic E-state index is 10.3. The van der Waals surface area contributed by atoms with Crippen molar-refractivity contribution in [2.75, 3.05) is 6.54 Å². The minimum Gasteiger partial charge on any atom is -0.361 e. The molecule has 1 heterocycles. The number of aromatic amines is 1. The Morgan fingerprint density at radius 1 is 1.36 bits per heavy atom. The molecule has 1 unspecified atom stereocenters. The first-order valence-electron chi connectivity index (χ1n) is 9.23. The van der Waals surface area contributed by atoms with Gasteiger partial charge >= 0.3 is 0 Å². The Kier molecular flexibility index (Phi) is 6.82. The largest absolute Gasteiger partial charge is 0.361 e. The first-order chi connectivity index (χ1) is 12.0. The zero-order valence-corrected chi connectivity index (χ0v) is 15.9. The molecule has 2 aromatic rings. The van der Waals surface area contributed by atoms with E-state index in [4.69, 9.17) is 5.73 Å². The fourth-order valence-corrected chi connectivity index (χ4v) is 3.16. The van der Waals surface area contributed by atoms with E-state index in [2.05, 4.69) is 47.7 Å². The molecule has 4 heteroatoms. The number of nitrogens with two attached hydrogens (primary N) is 1. The van der Waals surface area contributed by atoms with E-state index in [1.807, 2.05) is 13.8 Å². The van der Waals surface area contributed by atoms with Crippen molar-refractivity contribution in [2.45, 2.75) is 53.0 Å². The molecule has 0 saturated heterocycles. The highest BCUT2D eigenvalue weighted by Gasteiger charge is 2.17. The summed E-state index contributed by atoms with van der Waals surface area (Å²) in [5.74, 6) is 0.514. The monoisotopic (exact) mass is 341 g/mol. The number of amides is 1. The Hall–Kier alpha value is -2.07. The second-order valence-electron chi connectivity index (χ2n) is 6.96. The molecular weight excluding hydrogens is 310 g/mol. The van der Waals surface area contributed by atoms with Crippen LogP contribution < -0.4 is 11.1 Å². The number of nitrogens with one attached hydrogen (secondary N) is 2. The van der Waals surface area contributed by atoms with Gasteiger partial charge < -0.3 is 16.0 Å². The molecule has 1 aromatic heterocycles. The molecule has 0 saturated carbocycles. The van der Waals surface area contributed by atoms with Crippen LogP contribution in [0, 0.1) is 5.92 Å². The lowest BCUT2D eigenvalue weighted by atomic mass is 9.87. The van der Waals surface area contributed by atoms with Gasteiger partial charge in [0.25, 0.3) is 0 Å². The topological polar surface area (TPSA) is 70.9 Å². The zero-order valence-electron chi connectivity index (χ0n) is 15.9. The van der Waals surface area contributed by atoms with Crippen molar-refractivity contribution < 1.29 is 4.79 Å². The summed E-state index contributed by atoms with van der Waals surface area (Å²) in [7, 11) is 0. The van der Waals surface area contributed by atoms with Gasteiger partial charge in [-0.3, -0.25) is 4.79 Å². The highest BCUT2D eigenvalue weighted by Crippen LogP contribution is 2.36. The molecule has 0 radical (unpaired) electrons. The Morgan fingerprint density at radius 2 is 2.12 bits per heavy atom. The van der Waals surface area contributed by atoms with E-state index in [9.17, 15) is 4.79 Å². The Balaban J connectivity index is 0.000000242. The van der Waals surface area contributed by atoms with Crippen LogP contribution in [0.2, 0.25) is 0 Å². The number of hydrogen-bond acceptors (Lipinski definition) is 2. The van der Waals surface area contributed by atoms with E-state index in [1.165, 1.54) is 34.5 Å². The average Bonchev–Trinajstić information content (AvgIpc) is 3.02. The van der Waals surface area contributed by atoms with Crippen molar-refractivity contribution in [3.8, 4) is 0 Å². The number of rotatable bonds is 4. The van der Waals surface area contributed by atoms with Crippen LogP contribution in [0.15, 0.2) is 30.5 Å². The molecule has 2 atom stereocenters. The van der Waals surface area contributed by atoms with Crippen LogP contribution in [-0.2, 0) is 11.2 Å². The summed E-state index contributed by atoms with van der Waals surface area (Å²) in [6.45, 7) is 8.47. The predicted molar refractivity (Wildman–Crippen MR) is 106 cm³/mol. The Bertz CT molecular complexity index is 745. The molecule has 1 aromatic carbocycles. The van der Waals surface area contributed by atoms with Gasteiger partial charge in [-0.1, -0.05) is 32.1 Å². The van der Waals surface area contributed by atoms with E-state index in [1.54, 1.807) is 0 Å². The van der Waals surface area contributed by atoms with Gasteiger partial charge in [-0.05, 0) is 61.4 Å². The molecule has 1 aliphatic rings. The van der Waals surface area contributed by atoms with E-state index in [-0.39, 0.29) is 5.91 Å². The molecule has 1 aliphatic carbocycles. The van der Waals surface area contributed by atoms with Crippen molar-refractivity contribution in [2.24, 2.45) is 11.7 Å². The highest BCUT2D eigenvalue weighted by molar-refractivity contribution is 5.96. The molecular formula is C21H31N3O. The number of aryl methyl sites for hydroxylation is 1. The van der Waals surface area contributed by atoms with E-state index >= 15 is 0 Å². The standard InChI is InChI=1S/C15H18N2.C6H13NO/c1-10(8-16)7-11-5-6-12-9-17-14-4-2-3-13(11)15(12)14;1-4-5(2)7-6(3)8/h2-4,7,9-10,17H,5-6,8,16H2,1H3;5H,4H2,1-3H3,(H,7,8)/b11-7+;/t;5-/m.1/s1. The third-order valence-electron chi connectivity index (χ3n) is 4.72. The van der Waals surface area contributed by atoms with Gasteiger partial charge in [0.05, 0.1) is 0 Å². The van der Waals surface area contributed by atoms with Gasteiger partial charge in [0, 0.05) is 30.1 Å². The summed E-state index contributed by atoms with van der Waals surface area (Å²) in [6.07, 6.45) is 7.76. The molecule has 0 spiro atoms. The van der Waals surface area contributed by atoms with Gasteiger partial charge in [-0.2, -0.15) is 0 Å². The van der Waals surface area contributed by atoms with Gasteiger partial charge in [0.2, 0.25) is 5.91 Å². The molecule has 4 nitrogen and oxygen atoms in total. The molecule has 0 fully saturated rings. The number of benzene rings is 1. The first-order valence-corrected chi connectivity index (χ1v) is 9.23. The number of allylic oxidation sites excluding steroid dienone is 1. The second-order valence-corrected chi connectivity index (χ2v) is 6.96. The maximum Gasteiger partial charge on any atom is 0.217 e. The lowest BCUT2D eigenvalue weighted by Gasteiger charge is -2.17. The van der Waals surface area contributed by atoms with Crippen molar-refractivity contribution in [3.05, 3.63) is 41.6 Å². The summed E-state index contributed by atoms with van der Waals surface area (Å²) < 4.78 is 0. The lowest BCUT2D eigenvalue weighted by Crippen LogP contribution is -2.29. The van der Waals surface area contributed by atoms with Crippen LogP contribution in [0.1, 0.15) is 51.7 Å². The van der Waals surface area contributed by atoms with E-state index in [0.717, 1.165) is 25.8 Å². The van der Waals surface area contributed by atoms with Gasteiger partial charge in [-0.15, -0.1) is 0 Å². The van der Waals surface area contributed by atoms with Gasteiger partial charge in [0.1, 0.15) is 0 Å². The fraction of sp³-hybridized carbons (Fsp3) is 0.476. The summed E-state index contributed by atoms with van der Waals surface area (Å²) in [6, 6.07) is 6.84. The van der Waals surface area contributed by atoms with Crippen molar-refractivity contribution in [1.82, 2.24) is 10.3 Å². The third kappa shape index (κ3) is 4.95. The maximum atomic E-state index is 10.3. The van der Waals surface area contributed by atoms with Crippen LogP contribution in [0.3, 0.4) is 0 Å². The van der Waals surface area contributed by atoms with Crippen LogP contribution in [0.25, 0.3) is 16.5 Å². The number of H-pyrrole nitrogens is 1. The fourth-order valence-electron chi connectivity index (χ4n) is 3.16. The smallest absolute Gasteiger partial charge is 0.217 e. The molecule has 136 valence electrons. The van der Waals surface area contributed by atoms with Crippen molar-refractivity contribution in [3.63, 3.8) is 0 Å². The molecule has 4 N–H and O–H groups in total. The van der Waals surface area contributed by atoms with Crippen molar-refractivity contribution in [1.29, 1.82) is 0 Å². The summed E-state index contributed by atoms with van der Waals surface area (Å²) in [4.78, 5) is 13.7. The minimum absolute atomic E-state index is 0.0550. The van der Waals surface area contributed by atoms with Crippen LogP contribution >= 0.6 is 0 Å². The van der Waals surface area contributed by atoms with Crippen LogP contribution in [-0.4, -0.2) is 23.5 Å². The highest BCUT2D eigenvalue weighted by atomic mass is 16.1. The zero-order chi connectivity index (χ0) is 18.4. The number of carbonyl (C=O) groups excluding carboxylic acids is 1. The Morgan fingerprint density at radius 3 is 2.72 bits per heavy atom. The molecule has 0 aliphatic heterocycles. The van der Waals surface area contributed by atoms with Gasteiger partial charge in [0.15, 0.2) is 0 Å². The number of aromatic nitrogens is 1.